The molecule has 0 radical (unpaired) electrons. The van der Waals surface area contributed by atoms with Crippen molar-refractivity contribution in [2.45, 2.75) is 57.7 Å². The highest BCUT2D eigenvalue weighted by atomic mass is 32.2. The molecule has 9 heteroatoms. The van der Waals surface area contributed by atoms with E-state index in [1.54, 1.807) is 22.9 Å². The smallest absolute Gasteiger partial charge is 0.240 e. The van der Waals surface area contributed by atoms with Gasteiger partial charge in [0.05, 0.1) is 22.4 Å². The summed E-state index contributed by atoms with van der Waals surface area (Å²) in [6.45, 7) is 9.74. The number of aromatic nitrogens is 2. The molecular formula is C28H32F2N4O2S. The second-order valence-corrected chi connectivity index (χ2v) is 11.4. The maximum absolute atomic E-state index is 14.3. The van der Waals surface area contributed by atoms with Crippen LogP contribution in [0.2, 0.25) is 0 Å². The molecule has 0 saturated carbocycles. The molecule has 1 aliphatic heterocycles. The van der Waals surface area contributed by atoms with E-state index in [1.807, 2.05) is 40.7 Å². The number of nitrogens with zero attached hydrogens (tertiary/aromatic N) is 3. The first kappa shape index (κ1) is 26.9. The van der Waals surface area contributed by atoms with Crippen LogP contribution in [0.5, 0.6) is 0 Å². The second kappa shape index (κ2) is 10.7. The van der Waals surface area contributed by atoms with Gasteiger partial charge in [-0.1, -0.05) is 39.8 Å². The highest BCUT2D eigenvalue weighted by Crippen LogP contribution is 2.48. The third-order valence-corrected chi connectivity index (χ3v) is 7.60. The number of halogens is 2. The minimum atomic E-state index is -0.445. The predicted molar refractivity (Wildman–Crippen MR) is 143 cm³/mol. The number of carbonyl (C=O) groups is 2. The Bertz CT molecular complexity index is 1300. The molecule has 2 aromatic carbocycles. The van der Waals surface area contributed by atoms with Crippen molar-refractivity contribution in [2.24, 2.45) is 0 Å². The normalized spacial score (nSPS) is 16.8. The Morgan fingerprint density at radius 3 is 2.49 bits per heavy atom. The fourth-order valence-corrected chi connectivity index (χ4v) is 5.52. The summed E-state index contributed by atoms with van der Waals surface area (Å²) in [5.74, 6) is -0.768. The zero-order valence-corrected chi connectivity index (χ0v) is 22.5. The fourth-order valence-electron chi connectivity index (χ4n) is 4.33. The maximum Gasteiger partial charge on any atom is 0.240 e. The van der Waals surface area contributed by atoms with Crippen molar-refractivity contribution in [1.82, 2.24) is 15.1 Å². The molecule has 0 bridgehead atoms. The average molecular weight is 527 g/mol. The van der Waals surface area contributed by atoms with Gasteiger partial charge in [0.1, 0.15) is 24.0 Å². The highest BCUT2D eigenvalue weighted by molar-refractivity contribution is 8.00. The van der Waals surface area contributed by atoms with Gasteiger partial charge < -0.3 is 5.32 Å². The SMILES string of the molecule is CC[C@@H](C)NC(=O)CN1C(=O)CS[C@H](c2cccc(F)c2)c2c(C(C)(C)C)nn(-c3ccc(F)cc3)c21. The molecule has 1 aliphatic rings. The molecule has 2 amide bonds. The Balaban J connectivity index is 1.98. The summed E-state index contributed by atoms with van der Waals surface area (Å²) < 4.78 is 29.7. The van der Waals surface area contributed by atoms with Crippen LogP contribution in [-0.4, -0.2) is 39.9 Å². The van der Waals surface area contributed by atoms with E-state index in [2.05, 4.69) is 5.32 Å². The molecule has 0 saturated heterocycles. The number of benzene rings is 2. The molecule has 37 heavy (non-hydrogen) atoms. The summed E-state index contributed by atoms with van der Waals surface area (Å²) in [6, 6.07) is 12.1. The Morgan fingerprint density at radius 2 is 1.86 bits per heavy atom. The van der Waals surface area contributed by atoms with E-state index in [0.29, 0.717) is 17.1 Å². The van der Waals surface area contributed by atoms with Crippen molar-refractivity contribution < 1.29 is 18.4 Å². The van der Waals surface area contributed by atoms with Crippen LogP contribution in [-0.2, 0) is 15.0 Å². The molecule has 3 aromatic rings. The van der Waals surface area contributed by atoms with Gasteiger partial charge in [0, 0.05) is 17.0 Å². The van der Waals surface area contributed by atoms with Gasteiger partial charge in [-0.25, -0.2) is 13.5 Å². The maximum atomic E-state index is 14.3. The Hall–Kier alpha value is -3.20. The lowest BCUT2D eigenvalue weighted by Crippen LogP contribution is -2.44. The average Bonchev–Trinajstić information content (AvgIpc) is 3.17. The lowest BCUT2D eigenvalue weighted by molar-refractivity contribution is -0.123. The van der Waals surface area contributed by atoms with E-state index in [9.17, 15) is 18.4 Å². The second-order valence-electron chi connectivity index (χ2n) is 10.3. The number of anilines is 1. The fraction of sp³-hybridized carbons (Fsp3) is 0.393. The van der Waals surface area contributed by atoms with Crippen molar-refractivity contribution in [3.05, 3.63) is 77.0 Å². The van der Waals surface area contributed by atoms with E-state index in [-0.39, 0.29) is 36.0 Å². The summed E-state index contributed by atoms with van der Waals surface area (Å²) in [6.07, 6.45) is 0.754. The number of nitrogens with one attached hydrogen (secondary N) is 1. The van der Waals surface area contributed by atoms with Gasteiger partial charge in [-0.15, -0.1) is 11.8 Å². The van der Waals surface area contributed by atoms with Gasteiger partial charge in [0.15, 0.2) is 0 Å². The van der Waals surface area contributed by atoms with E-state index < -0.39 is 16.5 Å². The molecular weight excluding hydrogens is 494 g/mol. The van der Waals surface area contributed by atoms with Crippen LogP contribution in [0.3, 0.4) is 0 Å². The van der Waals surface area contributed by atoms with Crippen LogP contribution >= 0.6 is 11.8 Å². The minimum Gasteiger partial charge on any atom is -0.352 e. The lowest BCUT2D eigenvalue weighted by Gasteiger charge is -2.25. The third-order valence-electron chi connectivity index (χ3n) is 6.34. The summed E-state index contributed by atoms with van der Waals surface area (Å²) in [4.78, 5) is 28.0. The van der Waals surface area contributed by atoms with Crippen LogP contribution in [0.4, 0.5) is 14.6 Å². The van der Waals surface area contributed by atoms with Crippen molar-refractivity contribution in [3.8, 4) is 5.69 Å². The minimum absolute atomic E-state index is 0.0457. The first-order valence-corrected chi connectivity index (χ1v) is 13.4. The third kappa shape index (κ3) is 5.71. The van der Waals surface area contributed by atoms with E-state index in [0.717, 1.165) is 17.7 Å². The largest absolute Gasteiger partial charge is 0.352 e. The van der Waals surface area contributed by atoms with Gasteiger partial charge in [-0.2, -0.15) is 5.10 Å². The highest BCUT2D eigenvalue weighted by Gasteiger charge is 2.40. The van der Waals surface area contributed by atoms with Crippen LogP contribution < -0.4 is 10.2 Å². The number of carbonyl (C=O) groups excluding carboxylic acids is 2. The molecule has 0 aliphatic carbocycles. The number of hydrogen-bond donors (Lipinski definition) is 1. The zero-order chi connectivity index (χ0) is 26.9. The Kier molecular flexibility index (Phi) is 7.73. The summed E-state index contributed by atoms with van der Waals surface area (Å²) in [5, 5.41) is 7.47. The van der Waals surface area contributed by atoms with Gasteiger partial charge in [0.2, 0.25) is 11.8 Å². The first-order chi connectivity index (χ1) is 17.5. The number of fused-ring (bicyclic) bond motifs is 1. The molecule has 2 heterocycles. The molecule has 1 aromatic heterocycles. The summed E-state index contributed by atoms with van der Waals surface area (Å²) in [7, 11) is 0. The molecule has 0 fully saturated rings. The van der Waals surface area contributed by atoms with Gasteiger partial charge in [-0.05, 0) is 55.3 Å². The lowest BCUT2D eigenvalue weighted by atomic mass is 9.87. The Morgan fingerprint density at radius 1 is 1.16 bits per heavy atom. The molecule has 1 N–H and O–H groups in total. The topological polar surface area (TPSA) is 67.2 Å². The van der Waals surface area contributed by atoms with Crippen LogP contribution in [0.1, 0.15) is 63.1 Å². The van der Waals surface area contributed by atoms with Crippen LogP contribution in [0, 0.1) is 11.6 Å². The first-order valence-electron chi connectivity index (χ1n) is 12.4. The number of thioether (sulfide) groups is 1. The molecule has 6 nitrogen and oxygen atoms in total. The molecule has 0 spiro atoms. The van der Waals surface area contributed by atoms with Gasteiger partial charge in [-0.3, -0.25) is 14.5 Å². The van der Waals surface area contributed by atoms with Crippen molar-refractivity contribution in [3.63, 3.8) is 0 Å². The zero-order valence-electron chi connectivity index (χ0n) is 21.7. The molecule has 2 atom stereocenters. The predicted octanol–water partition coefficient (Wildman–Crippen LogP) is 5.53. The molecule has 0 unspecified atom stereocenters. The van der Waals surface area contributed by atoms with E-state index in [1.165, 1.54) is 40.9 Å². The van der Waals surface area contributed by atoms with Gasteiger partial charge >= 0.3 is 0 Å². The van der Waals surface area contributed by atoms with Crippen molar-refractivity contribution >= 4 is 29.4 Å². The van der Waals surface area contributed by atoms with E-state index in [4.69, 9.17) is 5.10 Å². The summed E-state index contributed by atoms with van der Waals surface area (Å²) in [5.41, 5.74) is 2.28. The standard InChI is InChI=1S/C28H32F2N4O2S/c1-6-17(2)31-22(35)15-33-23(36)16-37-25(18-8-7-9-20(30)14-18)24-26(28(3,4)5)32-34(27(24)33)21-12-10-19(29)11-13-21/h7-14,17,25H,6,15-16H2,1-5H3,(H,31,35)/t17-,25-/m1/s1. The van der Waals surface area contributed by atoms with Gasteiger partial charge in [0.25, 0.3) is 0 Å². The van der Waals surface area contributed by atoms with Crippen molar-refractivity contribution in [1.29, 1.82) is 0 Å². The quantitative estimate of drug-likeness (QED) is 0.459. The molecule has 196 valence electrons. The van der Waals surface area contributed by atoms with E-state index >= 15 is 0 Å². The van der Waals surface area contributed by atoms with Crippen molar-refractivity contribution in [2.75, 3.05) is 17.2 Å². The number of amides is 2. The number of hydrogen-bond acceptors (Lipinski definition) is 4. The Labute approximate surface area is 220 Å². The summed E-state index contributed by atoms with van der Waals surface area (Å²) >= 11 is 1.38. The van der Waals surface area contributed by atoms with Crippen LogP contribution in [0.25, 0.3) is 5.69 Å². The monoisotopic (exact) mass is 526 g/mol. The number of rotatable bonds is 6. The van der Waals surface area contributed by atoms with Crippen LogP contribution in [0.15, 0.2) is 48.5 Å². The molecule has 4 rings (SSSR count).